The quantitative estimate of drug-likeness (QED) is 0.734. The number of hydrogen-bond acceptors (Lipinski definition) is 6. The van der Waals surface area contributed by atoms with Gasteiger partial charge in [-0.15, -0.1) is 11.3 Å². The van der Waals surface area contributed by atoms with Crippen LogP contribution < -0.4 is 16.4 Å². The van der Waals surface area contributed by atoms with E-state index >= 15 is 0 Å². The van der Waals surface area contributed by atoms with Gasteiger partial charge in [-0.05, 0) is 17.9 Å². The van der Waals surface area contributed by atoms with E-state index in [9.17, 15) is 4.79 Å². The predicted molar refractivity (Wildman–Crippen MR) is 73.9 cm³/mol. The van der Waals surface area contributed by atoms with Gasteiger partial charge in [-0.1, -0.05) is 6.92 Å². The third-order valence-corrected chi connectivity index (χ3v) is 3.09. The van der Waals surface area contributed by atoms with Gasteiger partial charge in [0.1, 0.15) is 10.6 Å². The number of thiophene rings is 1. The molecule has 0 aromatic carbocycles. The van der Waals surface area contributed by atoms with E-state index in [-0.39, 0.29) is 6.54 Å². The Morgan fingerprint density at radius 1 is 1.44 bits per heavy atom. The zero-order chi connectivity index (χ0) is 13.0. The topological polar surface area (TPSA) is 92.9 Å². The lowest BCUT2D eigenvalue weighted by Crippen LogP contribution is -2.22. The smallest absolute Gasteiger partial charge is 0.236 e. The predicted octanol–water partition coefficient (Wildman–Crippen LogP) is 1.41. The van der Waals surface area contributed by atoms with Crippen LogP contribution in [0.1, 0.15) is 13.3 Å². The summed E-state index contributed by atoms with van der Waals surface area (Å²) in [6, 6.07) is 1.92. The summed E-state index contributed by atoms with van der Waals surface area (Å²) in [5.41, 5.74) is 5.12. The zero-order valence-corrected chi connectivity index (χ0v) is 10.9. The molecule has 2 aromatic rings. The lowest BCUT2D eigenvalue weighted by molar-refractivity contribution is -0.116. The number of anilines is 2. The molecule has 0 aliphatic carbocycles. The summed E-state index contributed by atoms with van der Waals surface area (Å²) in [6.45, 7) is 2.95. The van der Waals surface area contributed by atoms with E-state index in [1.165, 1.54) is 11.3 Å². The first kappa shape index (κ1) is 12.6. The van der Waals surface area contributed by atoms with E-state index in [0.29, 0.717) is 11.8 Å². The lowest BCUT2D eigenvalue weighted by atomic mass is 10.3. The zero-order valence-electron chi connectivity index (χ0n) is 10.1. The molecule has 0 saturated carbocycles. The van der Waals surface area contributed by atoms with Gasteiger partial charge in [0.15, 0.2) is 0 Å². The van der Waals surface area contributed by atoms with E-state index in [2.05, 4.69) is 27.5 Å². The molecule has 0 unspecified atom stereocenters. The van der Waals surface area contributed by atoms with Crippen LogP contribution >= 0.6 is 11.3 Å². The fourth-order valence-corrected chi connectivity index (χ4v) is 2.24. The third-order valence-electron chi connectivity index (χ3n) is 2.29. The molecule has 0 fully saturated rings. The molecule has 0 aliphatic rings. The van der Waals surface area contributed by atoms with Crippen LogP contribution in [0, 0.1) is 0 Å². The summed E-state index contributed by atoms with van der Waals surface area (Å²) in [4.78, 5) is 20.4. The van der Waals surface area contributed by atoms with E-state index in [0.717, 1.165) is 23.2 Å². The van der Waals surface area contributed by atoms with E-state index in [1.807, 2.05) is 11.4 Å². The normalized spacial score (nSPS) is 10.5. The molecule has 0 bridgehead atoms. The molecular weight excluding hydrogens is 250 g/mol. The SMILES string of the molecule is CCCNc1nc(NCC(N)=O)c2ccsc2n1. The van der Waals surface area contributed by atoms with Gasteiger partial charge < -0.3 is 16.4 Å². The van der Waals surface area contributed by atoms with Crippen LogP contribution in [-0.4, -0.2) is 29.0 Å². The number of aromatic nitrogens is 2. The van der Waals surface area contributed by atoms with Crippen LogP contribution in [0.3, 0.4) is 0 Å². The number of nitrogens with two attached hydrogens (primary N) is 1. The number of fused-ring (bicyclic) bond motifs is 1. The van der Waals surface area contributed by atoms with Crippen LogP contribution in [0.15, 0.2) is 11.4 Å². The molecule has 18 heavy (non-hydrogen) atoms. The second kappa shape index (κ2) is 5.63. The van der Waals surface area contributed by atoms with Crippen molar-refractivity contribution in [2.24, 2.45) is 5.73 Å². The fourth-order valence-electron chi connectivity index (χ4n) is 1.48. The van der Waals surface area contributed by atoms with Crippen molar-refractivity contribution >= 4 is 39.2 Å². The summed E-state index contributed by atoms with van der Waals surface area (Å²) in [5.74, 6) is 0.789. The van der Waals surface area contributed by atoms with Crippen molar-refractivity contribution in [3.8, 4) is 0 Å². The number of nitrogens with zero attached hydrogens (tertiary/aromatic N) is 2. The Kier molecular flexibility index (Phi) is 3.93. The van der Waals surface area contributed by atoms with Crippen LogP contribution in [0.4, 0.5) is 11.8 Å². The van der Waals surface area contributed by atoms with Gasteiger partial charge in [-0.2, -0.15) is 4.98 Å². The molecule has 2 heterocycles. The molecule has 0 spiro atoms. The van der Waals surface area contributed by atoms with E-state index in [4.69, 9.17) is 5.73 Å². The highest BCUT2D eigenvalue weighted by molar-refractivity contribution is 7.16. The molecule has 4 N–H and O–H groups in total. The van der Waals surface area contributed by atoms with Crippen molar-refractivity contribution in [1.82, 2.24) is 9.97 Å². The second-order valence-corrected chi connectivity index (χ2v) is 4.68. The molecule has 0 aliphatic heterocycles. The van der Waals surface area contributed by atoms with Gasteiger partial charge in [0.05, 0.1) is 11.9 Å². The number of amides is 1. The lowest BCUT2D eigenvalue weighted by Gasteiger charge is -2.08. The van der Waals surface area contributed by atoms with Gasteiger partial charge in [-0.25, -0.2) is 4.98 Å². The first-order chi connectivity index (χ1) is 8.70. The number of nitrogens with one attached hydrogen (secondary N) is 2. The Balaban J connectivity index is 2.29. The average molecular weight is 265 g/mol. The summed E-state index contributed by atoms with van der Waals surface area (Å²) in [5, 5.41) is 8.91. The van der Waals surface area contributed by atoms with Crippen LogP contribution in [-0.2, 0) is 4.79 Å². The summed E-state index contributed by atoms with van der Waals surface area (Å²) in [6.07, 6.45) is 0.996. The minimum Gasteiger partial charge on any atom is -0.368 e. The minimum absolute atomic E-state index is 0.0647. The molecule has 0 radical (unpaired) electrons. The van der Waals surface area contributed by atoms with E-state index < -0.39 is 5.91 Å². The Bertz CT molecular complexity index is 553. The first-order valence-corrected chi connectivity index (χ1v) is 6.60. The molecule has 0 atom stereocenters. The summed E-state index contributed by atoms with van der Waals surface area (Å²) < 4.78 is 0. The molecule has 0 saturated heterocycles. The molecule has 1 amide bonds. The largest absolute Gasteiger partial charge is 0.368 e. The monoisotopic (exact) mass is 265 g/mol. The molecule has 96 valence electrons. The average Bonchev–Trinajstić information content (AvgIpc) is 2.81. The molecule has 7 heteroatoms. The van der Waals surface area contributed by atoms with E-state index in [1.54, 1.807) is 0 Å². The number of hydrogen-bond donors (Lipinski definition) is 3. The number of rotatable bonds is 6. The van der Waals surface area contributed by atoms with Gasteiger partial charge >= 0.3 is 0 Å². The molecule has 2 aromatic heterocycles. The Morgan fingerprint density at radius 2 is 2.28 bits per heavy atom. The highest BCUT2D eigenvalue weighted by Gasteiger charge is 2.08. The molecular formula is C11H15N5OS. The maximum atomic E-state index is 10.8. The maximum Gasteiger partial charge on any atom is 0.236 e. The third kappa shape index (κ3) is 2.86. The molecule has 2 rings (SSSR count). The summed E-state index contributed by atoms with van der Waals surface area (Å²) >= 11 is 1.54. The second-order valence-electron chi connectivity index (χ2n) is 3.78. The highest BCUT2D eigenvalue weighted by Crippen LogP contribution is 2.26. The van der Waals surface area contributed by atoms with Crippen molar-refractivity contribution in [3.05, 3.63) is 11.4 Å². The van der Waals surface area contributed by atoms with Crippen molar-refractivity contribution in [1.29, 1.82) is 0 Å². The Labute approximate surface area is 109 Å². The Morgan fingerprint density at radius 3 is 3.00 bits per heavy atom. The standard InChI is InChI=1S/C11H15N5OS/c1-2-4-13-11-15-9(14-6-8(12)17)7-3-5-18-10(7)16-11/h3,5H,2,4,6H2,1H3,(H2,12,17)(H2,13,14,15,16). The van der Waals surface area contributed by atoms with Gasteiger partial charge in [0, 0.05) is 6.54 Å². The van der Waals surface area contributed by atoms with Crippen molar-refractivity contribution in [2.75, 3.05) is 23.7 Å². The van der Waals surface area contributed by atoms with Gasteiger partial charge in [0.2, 0.25) is 11.9 Å². The molecule has 6 nitrogen and oxygen atoms in total. The van der Waals surface area contributed by atoms with Crippen molar-refractivity contribution in [2.45, 2.75) is 13.3 Å². The highest BCUT2D eigenvalue weighted by atomic mass is 32.1. The fraction of sp³-hybridized carbons (Fsp3) is 0.364. The van der Waals surface area contributed by atoms with Crippen LogP contribution in [0.2, 0.25) is 0 Å². The van der Waals surface area contributed by atoms with Crippen LogP contribution in [0.5, 0.6) is 0 Å². The van der Waals surface area contributed by atoms with Gasteiger partial charge in [-0.3, -0.25) is 4.79 Å². The maximum absolute atomic E-state index is 10.8. The van der Waals surface area contributed by atoms with Gasteiger partial charge in [0.25, 0.3) is 0 Å². The summed E-state index contributed by atoms with van der Waals surface area (Å²) in [7, 11) is 0. The van der Waals surface area contributed by atoms with Crippen LogP contribution in [0.25, 0.3) is 10.2 Å². The number of carbonyl (C=O) groups is 1. The Hall–Kier alpha value is -1.89. The van der Waals surface area contributed by atoms with Crippen molar-refractivity contribution in [3.63, 3.8) is 0 Å². The number of primary amides is 1. The number of carbonyl (C=O) groups excluding carboxylic acids is 1. The minimum atomic E-state index is -0.417. The first-order valence-electron chi connectivity index (χ1n) is 5.72. The van der Waals surface area contributed by atoms with Crippen molar-refractivity contribution < 1.29 is 4.79 Å².